The van der Waals surface area contributed by atoms with Crippen molar-refractivity contribution in [2.75, 3.05) is 19.5 Å². The average Bonchev–Trinajstić information content (AvgIpc) is 2.89. The highest BCUT2D eigenvalue weighted by Gasteiger charge is 2.04. The third-order valence-electron chi connectivity index (χ3n) is 2.13. The van der Waals surface area contributed by atoms with Crippen LogP contribution in [-0.4, -0.2) is 24.2 Å². The van der Waals surface area contributed by atoms with Gasteiger partial charge in [-0.3, -0.25) is 0 Å². The molecule has 0 aliphatic carbocycles. The summed E-state index contributed by atoms with van der Waals surface area (Å²) < 4.78 is 10.1. The largest absolute Gasteiger partial charge is 0.481 e. The van der Waals surface area contributed by atoms with Crippen molar-refractivity contribution in [3.05, 3.63) is 28.5 Å². The molecule has 2 aromatic heterocycles. The van der Waals surface area contributed by atoms with Crippen LogP contribution < -0.4 is 14.8 Å². The molecule has 2 rings (SSSR count). The molecule has 0 saturated carbocycles. The van der Waals surface area contributed by atoms with Crippen molar-refractivity contribution in [2.24, 2.45) is 0 Å². The quantitative estimate of drug-likeness (QED) is 0.882. The normalized spacial score (nSPS) is 10.0. The van der Waals surface area contributed by atoms with Crippen LogP contribution in [0.3, 0.4) is 0 Å². The summed E-state index contributed by atoms with van der Waals surface area (Å²) in [5, 5.41) is 7.23. The molecule has 0 unspecified atom stereocenters. The van der Waals surface area contributed by atoms with Gasteiger partial charge in [-0.15, -0.1) is 0 Å². The van der Waals surface area contributed by atoms with Gasteiger partial charge in [-0.1, -0.05) is 0 Å². The number of nitrogens with zero attached hydrogens (tertiary/aromatic N) is 2. The van der Waals surface area contributed by atoms with E-state index in [2.05, 4.69) is 26.7 Å². The Kier molecular flexibility index (Phi) is 3.77. The molecular formula is C11H13N3O2S. The van der Waals surface area contributed by atoms with Gasteiger partial charge in [-0.25, -0.2) is 0 Å². The minimum Gasteiger partial charge on any atom is -0.481 e. The van der Waals surface area contributed by atoms with E-state index >= 15 is 0 Å². The summed E-state index contributed by atoms with van der Waals surface area (Å²) in [5.74, 6) is 1.45. The van der Waals surface area contributed by atoms with Crippen LogP contribution in [0, 0.1) is 0 Å². The van der Waals surface area contributed by atoms with Crippen LogP contribution in [0.25, 0.3) is 0 Å². The second-order valence-electron chi connectivity index (χ2n) is 3.26. The fraction of sp³-hybridized carbons (Fsp3) is 0.273. The molecule has 0 aliphatic rings. The van der Waals surface area contributed by atoms with E-state index in [-0.39, 0.29) is 0 Å². The molecule has 0 radical (unpaired) electrons. The lowest BCUT2D eigenvalue weighted by molar-refractivity contribution is 0.373. The molecule has 0 bridgehead atoms. The molecule has 0 saturated heterocycles. The van der Waals surface area contributed by atoms with Crippen molar-refractivity contribution in [3.8, 4) is 11.8 Å². The van der Waals surface area contributed by atoms with Gasteiger partial charge in [0.1, 0.15) is 0 Å². The summed E-state index contributed by atoms with van der Waals surface area (Å²) in [6, 6.07) is 3.69. The van der Waals surface area contributed by atoms with Gasteiger partial charge in [0.2, 0.25) is 17.7 Å². The summed E-state index contributed by atoms with van der Waals surface area (Å²) in [6.07, 6.45) is 0. The molecule has 2 heterocycles. The van der Waals surface area contributed by atoms with Crippen LogP contribution >= 0.6 is 11.3 Å². The smallest absolute Gasteiger partial charge is 0.229 e. The van der Waals surface area contributed by atoms with Crippen LogP contribution in [0.4, 0.5) is 5.95 Å². The van der Waals surface area contributed by atoms with Gasteiger partial charge in [0.25, 0.3) is 0 Å². The Morgan fingerprint density at radius 1 is 1.24 bits per heavy atom. The van der Waals surface area contributed by atoms with E-state index < -0.39 is 0 Å². The number of hydrogen-bond donors (Lipinski definition) is 1. The molecule has 0 fully saturated rings. The van der Waals surface area contributed by atoms with E-state index in [1.54, 1.807) is 31.6 Å². The number of methoxy groups -OCH3 is 2. The Morgan fingerprint density at radius 2 is 1.94 bits per heavy atom. The summed E-state index contributed by atoms with van der Waals surface area (Å²) in [7, 11) is 3.12. The first-order chi connectivity index (χ1) is 8.31. The van der Waals surface area contributed by atoms with E-state index in [1.807, 2.05) is 5.38 Å². The predicted molar refractivity (Wildman–Crippen MR) is 66.8 cm³/mol. The zero-order valence-corrected chi connectivity index (χ0v) is 10.5. The maximum absolute atomic E-state index is 5.07. The molecule has 90 valence electrons. The molecule has 0 atom stereocenters. The topological polar surface area (TPSA) is 56.3 Å². The highest BCUT2D eigenvalue weighted by molar-refractivity contribution is 7.07. The number of aromatic nitrogens is 2. The Hall–Kier alpha value is -1.82. The first kappa shape index (κ1) is 11.7. The molecule has 1 N–H and O–H groups in total. The number of nitrogens with one attached hydrogen (secondary N) is 1. The number of anilines is 1. The van der Waals surface area contributed by atoms with Crippen LogP contribution in [0.2, 0.25) is 0 Å². The fourth-order valence-electron chi connectivity index (χ4n) is 1.27. The molecular weight excluding hydrogens is 238 g/mol. The van der Waals surface area contributed by atoms with Gasteiger partial charge in [0.15, 0.2) is 0 Å². The first-order valence-corrected chi connectivity index (χ1v) is 5.98. The zero-order valence-electron chi connectivity index (χ0n) is 9.64. The van der Waals surface area contributed by atoms with Crippen LogP contribution in [0.1, 0.15) is 5.56 Å². The molecule has 17 heavy (non-hydrogen) atoms. The summed E-state index contributed by atoms with van der Waals surface area (Å²) in [4.78, 5) is 8.36. The SMILES string of the molecule is COc1cc(OC)nc(NCc2ccsc2)n1. The van der Waals surface area contributed by atoms with Crippen molar-refractivity contribution in [2.45, 2.75) is 6.54 Å². The summed E-state index contributed by atoms with van der Waals surface area (Å²) in [5.41, 5.74) is 1.19. The number of rotatable bonds is 5. The monoisotopic (exact) mass is 251 g/mol. The van der Waals surface area contributed by atoms with Gasteiger partial charge in [0.05, 0.1) is 20.3 Å². The fourth-order valence-corrected chi connectivity index (χ4v) is 1.94. The van der Waals surface area contributed by atoms with Gasteiger partial charge in [-0.05, 0) is 22.4 Å². The average molecular weight is 251 g/mol. The van der Waals surface area contributed by atoms with E-state index in [1.165, 1.54) is 5.56 Å². The lowest BCUT2D eigenvalue weighted by Crippen LogP contribution is -2.04. The Morgan fingerprint density at radius 3 is 2.47 bits per heavy atom. The van der Waals surface area contributed by atoms with E-state index in [9.17, 15) is 0 Å². The third kappa shape index (κ3) is 3.07. The van der Waals surface area contributed by atoms with Crippen molar-refractivity contribution < 1.29 is 9.47 Å². The first-order valence-electron chi connectivity index (χ1n) is 5.04. The minimum atomic E-state index is 0.477. The maximum Gasteiger partial charge on any atom is 0.229 e. The highest BCUT2D eigenvalue weighted by Crippen LogP contribution is 2.18. The molecule has 0 amide bonds. The second-order valence-corrected chi connectivity index (χ2v) is 4.04. The Balaban J connectivity index is 2.09. The van der Waals surface area contributed by atoms with Gasteiger partial charge >= 0.3 is 0 Å². The Bertz CT molecular complexity index is 451. The minimum absolute atomic E-state index is 0.477. The zero-order chi connectivity index (χ0) is 12.1. The molecule has 0 aromatic carbocycles. The van der Waals surface area contributed by atoms with Gasteiger partial charge in [-0.2, -0.15) is 21.3 Å². The van der Waals surface area contributed by atoms with E-state index in [4.69, 9.17) is 9.47 Å². The highest BCUT2D eigenvalue weighted by atomic mass is 32.1. The predicted octanol–water partition coefficient (Wildman–Crippen LogP) is 2.17. The van der Waals surface area contributed by atoms with Crippen LogP contribution in [0.15, 0.2) is 22.9 Å². The van der Waals surface area contributed by atoms with E-state index in [0.29, 0.717) is 24.3 Å². The lowest BCUT2D eigenvalue weighted by Gasteiger charge is -2.07. The number of ether oxygens (including phenoxy) is 2. The second kappa shape index (κ2) is 5.49. The van der Waals surface area contributed by atoms with Crippen LogP contribution in [-0.2, 0) is 6.54 Å². The molecule has 5 nitrogen and oxygen atoms in total. The van der Waals surface area contributed by atoms with Gasteiger partial charge < -0.3 is 14.8 Å². The van der Waals surface area contributed by atoms with Crippen molar-refractivity contribution in [1.82, 2.24) is 9.97 Å². The van der Waals surface area contributed by atoms with Crippen molar-refractivity contribution in [1.29, 1.82) is 0 Å². The molecule has 0 aliphatic heterocycles. The number of hydrogen-bond acceptors (Lipinski definition) is 6. The van der Waals surface area contributed by atoms with E-state index in [0.717, 1.165) is 0 Å². The van der Waals surface area contributed by atoms with Crippen molar-refractivity contribution in [3.63, 3.8) is 0 Å². The third-order valence-corrected chi connectivity index (χ3v) is 2.86. The summed E-state index contributed by atoms with van der Waals surface area (Å²) >= 11 is 1.66. The van der Waals surface area contributed by atoms with Gasteiger partial charge in [0, 0.05) is 6.54 Å². The summed E-state index contributed by atoms with van der Waals surface area (Å²) in [6.45, 7) is 0.680. The standard InChI is InChI=1S/C11H13N3O2S/c1-15-9-5-10(16-2)14-11(13-9)12-6-8-3-4-17-7-8/h3-5,7H,6H2,1-2H3,(H,12,13,14). The molecule has 2 aromatic rings. The lowest BCUT2D eigenvalue weighted by atomic mass is 10.3. The molecule has 6 heteroatoms. The van der Waals surface area contributed by atoms with Crippen molar-refractivity contribution >= 4 is 17.3 Å². The van der Waals surface area contributed by atoms with Crippen LogP contribution in [0.5, 0.6) is 11.8 Å². The number of thiophene rings is 1. The molecule has 0 spiro atoms. The Labute approximate surface area is 103 Å². The maximum atomic E-state index is 5.07.